The van der Waals surface area contributed by atoms with Crippen LogP contribution in [0.5, 0.6) is 0 Å². The molecule has 0 aliphatic rings. The Kier molecular flexibility index (Phi) is 6.67. The van der Waals surface area contributed by atoms with Crippen molar-refractivity contribution in [1.29, 1.82) is 0 Å². The maximum absolute atomic E-state index is 13.4. The van der Waals surface area contributed by atoms with Crippen LogP contribution in [0.15, 0.2) is 43.0 Å². The van der Waals surface area contributed by atoms with Crippen molar-refractivity contribution in [3.8, 4) is 5.69 Å². The molecule has 0 N–H and O–H groups in total. The normalized spacial score (nSPS) is 12.6. The topological polar surface area (TPSA) is 76.8 Å². The first-order valence-corrected chi connectivity index (χ1v) is 9.87. The second-order valence-electron chi connectivity index (χ2n) is 7.20. The van der Waals surface area contributed by atoms with E-state index >= 15 is 0 Å². The lowest BCUT2D eigenvalue weighted by Crippen LogP contribution is -2.39. The molecule has 0 spiro atoms. The molecule has 0 saturated carbocycles. The molecule has 1 aromatic carbocycles. The fourth-order valence-corrected chi connectivity index (χ4v) is 3.27. The highest BCUT2D eigenvalue weighted by molar-refractivity contribution is 5.98. The Hall–Kier alpha value is -3.30. The summed E-state index contributed by atoms with van der Waals surface area (Å²) in [7, 11) is 0. The highest BCUT2D eigenvalue weighted by atomic mass is 19.4. The number of benzene rings is 1. The summed E-state index contributed by atoms with van der Waals surface area (Å²) in [6.07, 6.45) is 1.04. The van der Waals surface area contributed by atoms with Gasteiger partial charge in [0.05, 0.1) is 29.2 Å². The molecule has 0 aliphatic heterocycles. The third-order valence-corrected chi connectivity index (χ3v) is 4.97. The lowest BCUT2D eigenvalue weighted by Gasteiger charge is -2.29. The van der Waals surface area contributed by atoms with E-state index in [0.29, 0.717) is 36.5 Å². The van der Waals surface area contributed by atoms with Crippen molar-refractivity contribution in [2.45, 2.75) is 45.8 Å². The second kappa shape index (κ2) is 9.23. The first kappa shape index (κ1) is 22.4. The molecular formula is C21H23F3N6O. The summed E-state index contributed by atoms with van der Waals surface area (Å²) in [5.74, 6) is 0.139. The highest BCUT2D eigenvalue weighted by Crippen LogP contribution is 2.28. The van der Waals surface area contributed by atoms with Gasteiger partial charge in [-0.25, -0.2) is 9.97 Å². The fourth-order valence-electron chi connectivity index (χ4n) is 3.27. The minimum absolute atomic E-state index is 0.167. The Balaban J connectivity index is 1.74. The van der Waals surface area contributed by atoms with Crippen molar-refractivity contribution in [3.63, 3.8) is 0 Å². The van der Waals surface area contributed by atoms with E-state index in [0.717, 1.165) is 18.0 Å². The predicted octanol–water partition coefficient (Wildman–Crippen LogP) is 3.87. The van der Waals surface area contributed by atoms with E-state index in [4.69, 9.17) is 0 Å². The first-order valence-electron chi connectivity index (χ1n) is 9.87. The molecule has 0 fully saturated rings. The number of alkyl halides is 3. The third kappa shape index (κ3) is 5.25. The van der Waals surface area contributed by atoms with Crippen LogP contribution in [0.4, 0.5) is 13.2 Å². The van der Waals surface area contributed by atoms with Crippen LogP contribution >= 0.6 is 0 Å². The number of rotatable bonds is 7. The van der Waals surface area contributed by atoms with E-state index in [2.05, 4.69) is 20.2 Å². The third-order valence-electron chi connectivity index (χ3n) is 4.97. The molecule has 3 rings (SSSR count). The van der Waals surface area contributed by atoms with Crippen LogP contribution < -0.4 is 0 Å². The zero-order valence-electron chi connectivity index (χ0n) is 17.5. The number of carbonyl (C=O) groups excluding carboxylic acids is 1. The number of nitrogens with zero attached hydrogens (tertiary/aromatic N) is 6. The van der Waals surface area contributed by atoms with E-state index in [1.54, 1.807) is 29.4 Å². The average Bonchev–Trinajstić information content (AvgIpc) is 3.27. The van der Waals surface area contributed by atoms with Crippen LogP contribution in [0.1, 0.15) is 47.6 Å². The number of carbonyl (C=O) groups is 1. The average molecular weight is 432 g/mol. The van der Waals surface area contributed by atoms with Gasteiger partial charge in [-0.3, -0.25) is 4.79 Å². The summed E-state index contributed by atoms with van der Waals surface area (Å²) in [5.41, 5.74) is 1.11. The largest absolute Gasteiger partial charge is 0.419 e. The number of halogens is 3. The van der Waals surface area contributed by atoms with Crippen molar-refractivity contribution in [3.05, 3.63) is 65.5 Å². The standard InChI is InChI=1S/C21H23F3N6O/c1-4-29(15(3)6-8-19-25-12-16(13-26-19)21(22,23)24)20(31)17-11-14(2)5-7-18(17)30-27-9-10-28-30/h5,7,9-13,15H,4,6,8H2,1-3H3/t15-/m0/s1. The van der Waals surface area contributed by atoms with Gasteiger partial charge in [-0.05, 0) is 39.3 Å². The Morgan fingerprint density at radius 1 is 1.16 bits per heavy atom. The van der Waals surface area contributed by atoms with Gasteiger partial charge in [-0.1, -0.05) is 11.6 Å². The smallest absolute Gasteiger partial charge is 0.336 e. The molecule has 0 radical (unpaired) electrons. The zero-order valence-corrected chi connectivity index (χ0v) is 17.5. The van der Waals surface area contributed by atoms with Crippen molar-refractivity contribution in [2.75, 3.05) is 6.54 Å². The van der Waals surface area contributed by atoms with Crippen molar-refractivity contribution in [2.24, 2.45) is 0 Å². The molecule has 1 atom stereocenters. The molecule has 2 heterocycles. The number of amides is 1. The lowest BCUT2D eigenvalue weighted by molar-refractivity contribution is -0.138. The Morgan fingerprint density at radius 2 is 1.81 bits per heavy atom. The lowest BCUT2D eigenvalue weighted by atomic mass is 10.1. The molecule has 3 aromatic rings. The van der Waals surface area contributed by atoms with Crippen LogP contribution in [0, 0.1) is 6.92 Å². The van der Waals surface area contributed by atoms with Gasteiger partial charge >= 0.3 is 6.18 Å². The monoisotopic (exact) mass is 432 g/mol. The van der Waals surface area contributed by atoms with Crippen LogP contribution in [0.3, 0.4) is 0 Å². The van der Waals surface area contributed by atoms with Crippen LogP contribution in [-0.2, 0) is 12.6 Å². The maximum Gasteiger partial charge on any atom is 0.419 e. The maximum atomic E-state index is 13.4. The molecule has 10 heteroatoms. The number of aromatic nitrogens is 5. The van der Waals surface area contributed by atoms with Gasteiger partial charge in [0.15, 0.2) is 0 Å². The van der Waals surface area contributed by atoms with Crippen LogP contribution in [0.2, 0.25) is 0 Å². The molecule has 1 amide bonds. The molecule has 31 heavy (non-hydrogen) atoms. The zero-order chi connectivity index (χ0) is 22.6. The van der Waals surface area contributed by atoms with Gasteiger partial charge in [0.25, 0.3) is 5.91 Å². The van der Waals surface area contributed by atoms with Gasteiger partial charge in [0.2, 0.25) is 0 Å². The van der Waals surface area contributed by atoms with Gasteiger partial charge in [-0.15, -0.1) is 0 Å². The van der Waals surface area contributed by atoms with Crippen LogP contribution in [0.25, 0.3) is 5.69 Å². The minimum atomic E-state index is -4.47. The molecule has 2 aromatic heterocycles. The van der Waals surface area contributed by atoms with Gasteiger partial charge < -0.3 is 4.90 Å². The van der Waals surface area contributed by atoms with E-state index in [-0.39, 0.29) is 11.9 Å². The number of hydrogen-bond donors (Lipinski definition) is 0. The van der Waals surface area contributed by atoms with Gasteiger partial charge in [-0.2, -0.15) is 28.2 Å². The Morgan fingerprint density at radius 3 is 2.39 bits per heavy atom. The summed E-state index contributed by atoms with van der Waals surface area (Å²) in [6.45, 7) is 6.14. The Bertz CT molecular complexity index is 1020. The summed E-state index contributed by atoms with van der Waals surface area (Å²) in [4.78, 5) is 24.1. The second-order valence-corrected chi connectivity index (χ2v) is 7.20. The van der Waals surface area contributed by atoms with Gasteiger partial charge in [0, 0.05) is 31.4 Å². The molecule has 0 bridgehead atoms. The Labute approximate surface area is 177 Å². The molecule has 0 saturated heterocycles. The fraction of sp³-hybridized carbons (Fsp3) is 0.381. The van der Waals surface area contributed by atoms with E-state index in [1.165, 1.54) is 4.80 Å². The van der Waals surface area contributed by atoms with Crippen molar-refractivity contribution >= 4 is 5.91 Å². The number of hydrogen-bond acceptors (Lipinski definition) is 5. The molecule has 0 unspecified atom stereocenters. The summed E-state index contributed by atoms with van der Waals surface area (Å²) >= 11 is 0. The molecule has 7 nitrogen and oxygen atoms in total. The van der Waals surface area contributed by atoms with Crippen molar-refractivity contribution in [1.82, 2.24) is 29.9 Å². The van der Waals surface area contributed by atoms with E-state index in [9.17, 15) is 18.0 Å². The molecular weight excluding hydrogens is 409 g/mol. The number of aryl methyl sites for hydroxylation is 2. The summed E-state index contributed by atoms with van der Waals surface area (Å²) in [6, 6.07) is 5.31. The highest BCUT2D eigenvalue weighted by Gasteiger charge is 2.31. The first-order chi connectivity index (χ1) is 14.7. The van der Waals surface area contributed by atoms with Gasteiger partial charge in [0.1, 0.15) is 5.82 Å². The van der Waals surface area contributed by atoms with Crippen molar-refractivity contribution < 1.29 is 18.0 Å². The summed E-state index contributed by atoms with van der Waals surface area (Å²) < 4.78 is 38.0. The van der Waals surface area contributed by atoms with E-state index < -0.39 is 11.7 Å². The van der Waals surface area contributed by atoms with Crippen LogP contribution in [-0.4, -0.2) is 48.4 Å². The molecule has 164 valence electrons. The predicted molar refractivity (Wildman–Crippen MR) is 108 cm³/mol. The molecule has 0 aliphatic carbocycles. The van der Waals surface area contributed by atoms with E-state index in [1.807, 2.05) is 26.8 Å². The minimum Gasteiger partial charge on any atom is -0.336 e. The quantitative estimate of drug-likeness (QED) is 0.567. The SMILES string of the molecule is CCN(C(=O)c1cc(C)ccc1-n1nccn1)[C@@H](C)CCc1ncc(C(F)(F)F)cn1. The summed E-state index contributed by atoms with van der Waals surface area (Å²) in [5, 5.41) is 8.26.